The maximum atomic E-state index is 10.8. The Morgan fingerprint density at radius 3 is 1.92 bits per heavy atom. The van der Waals surface area contributed by atoms with Gasteiger partial charge in [-0.3, -0.25) is 4.79 Å². The van der Waals surface area contributed by atoms with Crippen LogP contribution in [0.1, 0.15) is 25.7 Å². The second kappa shape index (κ2) is 24.5. The summed E-state index contributed by atoms with van der Waals surface area (Å²) in [6.45, 7) is 4.53. The summed E-state index contributed by atoms with van der Waals surface area (Å²) in [5, 5.41) is 2.56. The van der Waals surface area contributed by atoms with Crippen LogP contribution in [0.3, 0.4) is 0 Å². The number of amides is 1. The summed E-state index contributed by atoms with van der Waals surface area (Å²) < 4.78 is 20.1. The summed E-state index contributed by atoms with van der Waals surface area (Å²) in [6.07, 6.45) is 3.38. The van der Waals surface area contributed by atoms with Crippen LogP contribution in [0.4, 0.5) is 0 Å². The van der Waals surface area contributed by atoms with E-state index in [1.54, 1.807) is 28.3 Å². The highest BCUT2D eigenvalue weighted by molar-refractivity contribution is 5.75. The van der Waals surface area contributed by atoms with Crippen LogP contribution in [0.5, 0.6) is 0 Å². The first-order chi connectivity index (χ1) is 11.7. The van der Waals surface area contributed by atoms with E-state index in [-0.39, 0.29) is 5.91 Å². The van der Waals surface area contributed by atoms with Crippen molar-refractivity contribution in [2.45, 2.75) is 25.7 Å². The third-order valence-electron chi connectivity index (χ3n) is 2.76. The Morgan fingerprint density at radius 2 is 1.33 bits per heavy atom. The summed E-state index contributed by atoms with van der Waals surface area (Å²) >= 11 is 0. The Bertz CT molecular complexity index is 239. The number of unbranched alkanes of at least 4 members (excludes halogenated alkanes) is 1. The van der Waals surface area contributed by atoms with Gasteiger partial charge in [-0.25, -0.2) is 5.48 Å². The van der Waals surface area contributed by atoms with Crippen LogP contribution < -0.4 is 10.8 Å². The summed E-state index contributed by atoms with van der Waals surface area (Å²) in [5.74, 6) is 0.0509. The van der Waals surface area contributed by atoms with Gasteiger partial charge in [0, 0.05) is 47.9 Å². The van der Waals surface area contributed by atoms with Crippen LogP contribution in [0.25, 0.3) is 0 Å². The highest BCUT2D eigenvalue weighted by Gasteiger charge is 1.96. The molecule has 0 rings (SSSR count). The SMILES string of the molecule is CNC(=O)CCCOCCOCCOC.CNOCCCCOC. The van der Waals surface area contributed by atoms with Gasteiger partial charge in [0.25, 0.3) is 0 Å². The van der Waals surface area contributed by atoms with E-state index in [4.69, 9.17) is 23.8 Å². The van der Waals surface area contributed by atoms with E-state index in [9.17, 15) is 4.79 Å². The molecule has 8 nitrogen and oxygen atoms in total. The van der Waals surface area contributed by atoms with E-state index < -0.39 is 0 Å². The van der Waals surface area contributed by atoms with Crippen molar-refractivity contribution >= 4 is 5.91 Å². The third kappa shape index (κ3) is 26.1. The normalized spacial score (nSPS) is 10.2. The molecule has 0 radical (unpaired) electrons. The fourth-order valence-corrected chi connectivity index (χ4v) is 1.45. The Morgan fingerprint density at radius 1 is 0.750 bits per heavy atom. The zero-order chi connectivity index (χ0) is 18.3. The molecule has 0 fully saturated rings. The number of nitrogens with one attached hydrogen (secondary N) is 2. The lowest BCUT2D eigenvalue weighted by Gasteiger charge is -2.05. The van der Waals surface area contributed by atoms with Crippen molar-refractivity contribution in [3.63, 3.8) is 0 Å². The van der Waals surface area contributed by atoms with E-state index in [1.807, 2.05) is 0 Å². The van der Waals surface area contributed by atoms with Crippen molar-refractivity contribution in [2.75, 3.05) is 74.6 Å². The fourth-order valence-electron chi connectivity index (χ4n) is 1.45. The number of hydrogen-bond acceptors (Lipinski definition) is 7. The molecule has 1 amide bonds. The Labute approximate surface area is 146 Å². The van der Waals surface area contributed by atoms with Crippen LogP contribution in [-0.4, -0.2) is 80.5 Å². The van der Waals surface area contributed by atoms with Crippen LogP contribution in [0.15, 0.2) is 0 Å². The molecule has 0 saturated carbocycles. The minimum atomic E-state index is 0.0509. The molecule has 0 atom stereocenters. The Kier molecular flexibility index (Phi) is 26.0. The van der Waals surface area contributed by atoms with Gasteiger partial charge in [0.2, 0.25) is 5.91 Å². The molecule has 0 bridgehead atoms. The van der Waals surface area contributed by atoms with Crippen molar-refractivity contribution in [1.29, 1.82) is 0 Å². The molecule has 0 aliphatic rings. The average Bonchev–Trinajstić information content (AvgIpc) is 2.60. The van der Waals surface area contributed by atoms with E-state index in [1.165, 1.54) is 0 Å². The number of rotatable bonds is 16. The first kappa shape index (κ1) is 25.5. The second-order valence-corrected chi connectivity index (χ2v) is 4.75. The van der Waals surface area contributed by atoms with Gasteiger partial charge in [0.15, 0.2) is 0 Å². The number of carbonyl (C=O) groups is 1. The monoisotopic (exact) mass is 352 g/mol. The van der Waals surface area contributed by atoms with Crippen LogP contribution in [0, 0.1) is 0 Å². The van der Waals surface area contributed by atoms with Gasteiger partial charge in [-0.15, -0.1) is 0 Å². The molecule has 146 valence electrons. The Hall–Kier alpha value is -0.770. The lowest BCUT2D eigenvalue weighted by molar-refractivity contribution is -0.120. The minimum absolute atomic E-state index is 0.0509. The lowest BCUT2D eigenvalue weighted by atomic mass is 10.3. The predicted octanol–water partition coefficient (Wildman–Crippen LogP) is 0.756. The molecule has 0 aromatic carbocycles. The molecule has 0 aliphatic carbocycles. The van der Waals surface area contributed by atoms with Gasteiger partial charge in [-0.05, 0) is 19.3 Å². The summed E-state index contributed by atoms with van der Waals surface area (Å²) in [7, 11) is 6.74. The van der Waals surface area contributed by atoms with Crippen molar-refractivity contribution in [2.24, 2.45) is 0 Å². The second-order valence-electron chi connectivity index (χ2n) is 4.75. The maximum absolute atomic E-state index is 10.8. The minimum Gasteiger partial charge on any atom is -0.385 e. The van der Waals surface area contributed by atoms with E-state index in [0.717, 1.165) is 32.5 Å². The molecule has 8 heteroatoms. The van der Waals surface area contributed by atoms with Gasteiger partial charge in [0.05, 0.1) is 33.0 Å². The van der Waals surface area contributed by atoms with Crippen LogP contribution in [-0.2, 0) is 28.6 Å². The fraction of sp³-hybridized carbons (Fsp3) is 0.938. The molecule has 0 heterocycles. The largest absolute Gasteiger partial charge is 0.385 e. The van der Waals surface area contributed by atoms with Crippen molar-refractivity contribution in [3.05, 3.63) is 0 Å². The molecular formula is C16H36N2O6. The molecule has 0 unspecified atom stereocenters. The zero-order valence-electron chi connectivity index (χ0n) is 15.7. The quantitative estimate of drug-likeness (QED) is 0.313. The molecule has 0 aliphatic heterocycles. The van der Waals surface area contributed by atoms with Gasteiger partial charge < -0.3 is 29.1 Å². The van der Waals surface area contributed by atoms with Crippen LogP contribution in [0.2, 0.25) is 0 Å². The van der Waals surface area contributed by atoms with Gasteiger partial charge in [0.1, 0.15) is 0 Å². The smallest absolute Gasteiger partial charge is 0.219 e. The van der Waals surface area contributed by atoms with Crippen molar-refractivity contribution in [3.8, 4) is 0 Å². The van der Waals surface area contributed by atoms with E-state index in [0.29, 0.717) is 39.5 Å². The van der Waals surface area contributed by atoms with E-state index >= 15 is 0 Å². The molecule has 24 heavy (non-hydrogen) atoms. The highest BCUT2D eigenvalue weighted by Crippen LogP contribution is 1.90. The first-order valence-electron chi connectivity index (χ1n) is 8.35. The standard InChI is InChI=1S/C10H21NO4.C6H15NO2/c1-11-10(12)4-3-5-14-8-9-15-7-6-13-2;1-7-9-6-4-3-5-8-2/h3-9H2,1-2H3,(H,11,12);7H,3-6H2,1-2H3. The van der Waals surface area contributed by atoms with Crippen molar-refractivity contribution in [1.82, 2.24) is 10.8 Å². The Balaban J connectivity index is 0. The number of ether oxygens (including phenoxy) is 4. The van der Waals surface area contributed by atoms with Gasteiger partial charge in [-0.1, -0.05) is 0 Å². The molecular weight excluding hydrogens is 316 g/mol. The number of hydrogen-bond donors (Lipinski definition) is 2. The topological polar surface area (TPSA) is 87.3 Å². The molecule has 2 N–H and O–H groups in total. The number of carbonyl (C=O) groups excluding carboxylic acids is 1. The van der Waals surface area contributed by atoms with E-state index in [2.05, 4.69) is 10.8 Å². The number of methoxy groups -OCH3 is 2. The summed E-state index contributed by atoms with van der Waals surface area (Å²) in [4.78, 5) is 15.7. The maximum Gasteiger partial charge on any atom is 0.219 e. The predicted molar refractivity (Wildman–Crippen MR) is 92.9 cm³/mol. The third-order valence-corrected chi connectivity index (χ3v) is 2.76. The summed E-state index contributed by atoms with van der Waals surface area (Å²) in [5.41, 5.74) is 2.60. The lowest BCUT2D eigenvalue weighted by Crippen LogP contribution is -2.18. The highest BCUT2D eigenvalue weighted by atomic mass is 16.6. The van der Waals surface area contributed by atoms with Gasteiger partial charge >= 0.3 is 0 Å². The zero-order valence-corrected chi connectivity index (χ0v) is 15.7. The molecule has 0 saturated heterocycles. The first-order valence-corrected chi connectivity index (χ1v) is 8.35. The van der Waals surface area contributed by atoms with Crippen LogP contribution >= 0.6 is 0 Å². The average molecular weight is 352 g/mol. The summed E-state index contributed by atoms with van der Waals surface area (Å²) in [6, 6.07) is 0. The van der Waals surface area contributed by atoms with Crippen molar-refractivity contribution < 1.29 is 28.6 Å². The molecule has 0 aromatic rings. The molecule has 0 aromatic heterocycles. The van der Waals surface area contributed by atoms with Gasteiger partial charge in [-0.2, -0.15) is 0 Å². The molecule has 0 spiro atoms. The number of hydroxylamine groups is 1.